The Bertz CT molecular complexity index is 403. The lowest BCUT2D eigenvalue weighted by atomic mass is 10.1. The summed E-state index contributed by atoms with van der Waals surface area (Å²) in [7, 11) is 3.95. The van der Waals surface area contributed by atoms with E-state index in [1.54, 1.807) is 0 Å². The van der Waals surface area contributed by atoms with Crippen LogP contribution in [0.4, 0.5) is 0 Å². The predicted octanol–water partition coefficient (Wildman–Crippen LogP) is 1.75. The second kappa shape index (κ2) is 24.4. The lowest BCUT2D eigenvalue weighted by Gasteiger charge is -2.23. The summed E-state index contributed by atoms with van der Waals surface area (Å²) < 4.78 is 10.7. The first-order chi connectivity index (χ1) is 14.5. The van der Waals surface area contributed by atoms with Gasteiger partial charge in [-0.2, -0.15) is 0 Å². The van der Waals surface area contributed by atoms with Gasteiger partial charge in [-0.05, 0) is 33.9 Å². The van der Waals surface area contributed by atoms with Crippen LogP contribution in [0.3, 0.4) is 0 Å². The fourth-order valence-electron chi connectivity index (χ4n) is 2.46. The third kappa shape index (κ3) is 21.8. The topological polar surface area (TPSA) is 101 Å². The summed E-state index contributed by atoms with van der Waals surface area (Å²) >= 11 is 1.92. The quantitative estimate of drug-likeness (QED) is 0.176. The molecule has 0 fully saturated rings. The van der Waals surface area contributed by atoms with Gasteiger partial charge in [0.05, 0.1) is 26.4 Å². The zero-order chi connectivity index (χ0) is 23.0. The number of hydrogen-bond donors (Lipinski definition) is 4. The number of carbonyl (C=O) groups excluding carboxylic acids is 2. The summed E-state index contributed by atoms with van der Waals surface area (Å²) in [5.74, 6) is 0.962. The van der Waals surface area contributed by atoms with Crippen LogP contribution in [-0.2, 0) is 19.1 Å². The van der Waals surface area contributed by atoms with E-state index in [9.17, 15) is 9.59 Å². The maximum atomic E-state index is 11.9. The minimum absolute atomic E-state index is 0.0596. The lowest BCUT2D eigenvalue weighted by molar-refractivity contribution is -0.121. The van der Waals surface area contributed by atoms with E-state index < -0.39 is 0 Å². The minimum atomic E-state index is -0.0596. The normalized spacial score (nSPS) is 12.5. The van der Waals surface area contributed by atoms with Crippen molar-refractivity contribution in [3.63, 3.8) is 0 Å². The van der Waals surface area contributed by atoms with Crippen LogP contribution in [-0.4, -0.2) is 82.6 Å². The fraction of sp³-hybridized carbons (Fsp3) is 0.905. The molecule has 2 atom stereocenters. The first-order valence-electron chi connectivity index (χ1n) is 11.1. The highest BCUT2D eigenvalue weighted by atomic mass is 32.2. The summed E-state index contributed by atoms with van der Waals surface area (Å²) in [6, 6.07) is 0.457. The minimum Gasteiger partial charge on any atom is -0.377 e. The van der Waals surface area contributed by atoms with Gasteiger partial charge in [-0.15, -0.1) is 11.8 Å². The van der Waals surface area contributed by atoms with Crippen LogP contribution < -0.4 is 21.3 Å². The molecule has 0 rings (SSSR count). The van der Waals surface area contributed by atoms with Crippen LogP contribution in [0.1, 0.15) is 53.4 Å². The Morgan fingerprint density at radius 1 is 0.933 bits per heavy atom. The van der Waals surface area contributed by atoms with Crippen molar-refractivity contribution in [3.05, 3.63) is 0 Å². The Hall–Kier alpha value is -0.870. The SMILES string of the molecule is CC.CNCSC(CCCCC(=O)NCCOCCOCCNC(C)=O)C(C)NC. The molecule has 0 aromatic rings. The van der Waals surface area contributed by atoms with E-state index in [0.29, 0.717) is 57.2 Å². The molecule has 0 aromatic carbocycles. The van der Waals surface area contributed by atoms with Crippen molar-refractivity contribution in [1.82, 2.24) is 21.3 Å². The molecule has 4 N–H and O–H groups in total. The average molecular weight is 451 g/mol. The van der Waals surface area contributed by atoms with Crippen molar-refractivity contribution in [2.45, 2.75) is 64.7 Å². The molecule has 0 heterocycles. The Morgan fingerprint density at radius 3 is 2.07 bits per heavy atom. The molecular formula is C21H46N4O4S. The number of hydrogen-bond acceptors (Lipinski definition) is 7. The Balaban J connectivity index is 0. The molecule has 180 valence electrons. The molecule has 0 aliphatic carbocycles. The third-order valence-corrected chi connectivity index (χ3v) is 5.69. The van der Waals surface area contributed by atoms with Crippen LogP contribution in [0.15, 0.2) is 0 Å². The standard InChI is InChI=1S/C19H40N4O4S.C2H6/c1-16(21-4)18(28-15-20-3)7-5-6-8-19(25)23-10-12-27-14-13-26-11-9-22-17(2)24;1-2/h16,18,20-21H,5-15H2,1-4H3,(H,22,24)(H,23,25);1-2H3. The summed E-state index contributed by atoms with van der Waals surface area (Å²) in [6.45, 7) is 10.6. The number of thioether (sulfide) groups is 1. The van der Waals surface area contributed by atoms with Gasteiger partial charge in [0.15, 0.2) is 0 Å². The van der Waals surface area contributed by atoms with E-state index in [-0.39, 0.29) is 11.8 Å². The van der Waals surface area contributed by atoms with Crippen LogP contribution in [0.25, 0.3) is 0 Å². The first-order valence-corrected chi connectivity index (χ1v) is 12.2. The molecule has 2 unspecified atom stereocenters. The average Bonchev–Trinajstić information content (AvgIpc) is 2.75. The predicted molar refractivity (Wildman–Crippen MR) is 127 cm³/mol. The van der Waals surface area contributed by atoms with Crippen molar-refractivity contribution in [1.29, 1.82) is 0 Å². The number of amides is 2. The van der Waals surface area contributed by atoms with Gasteiger partial charge in [0.2, 0.25) is 11.8 Å². The monoisotopic (exact) mass is 450 g/mol. The van der Waals surface area contributed by atoms with Crippen molar-refractivity contribution < 1.29 is 19.1 Å². The third-order valence-electron chi connectivity index (χ3n) is 4.16. The van der Waals surface area contributed by atoms with Gasteiger partial charge in [-0.25, -0.2) is 0 Å². The molecule has 8 nitrogen and oxygen atoms in total. The van der Waals surface area contributed by atoms with Gasteiger partial charge in [0.25, 0.3) is 0 Å². The number of rotatable bonds is 19. The molecule has 0 saturated carbocycles. The maximum Gasteiger partial charge on any atom is 0.220 e. The molecule has 0 saturated heterocycles. The molecule has 30 heavy (non-hydrogen) atoms. The molecule has 0 aliphatic heterocycles. The number of carbonyl (C=O) groups is 2. The van der Waals surface area contributed by atoms with E-state index in [0.717, 1.165) is 25.1 Å². The molecular weight excluding hydrogens is 404 g/mol. The Morgan fingerprint density at radius 2 is 1.53 bits per heavy atom. The van der Waals surface area contributed by atoms with Gasteiger partial charge in [0.1, 0.15) is 0 Å². The number of nitrogens with one attached hydrogen (secondary N) is 4. The molecule has 9 heteroatoms. The van der Waals surface area contributed by atoms with Crippen molar-refractivity contribution in [2.24, 2.45) is 0 Å². The Labute approximate surface area is 188 Å². The van der Waals surface area contributed by atoms with E-state index in [2.05, 4.69) is 28.2 Å². The van der Waals surface area contributed by atoms with Crippen LogP contribution in [0.5, 0.6) is 0 Å². The number of unbranched alkanes of at least 4 members (excludes halogenated alkanes) is 1. The van der Waals surface area contributed by atoms with Gasteiger partial charge < -0.3 is 30.7 Å². The second-order valence-electron chi connectivity index (χ2n) is 6.58. The molecule has 0 aromatic heterocycles. The Kier molecular flexibility index (Phi) is 25.5. The summed E-state index contributed by atoms with van der Waals surface area (Å²) in [4.78, 5) is 22.5. The second-order valence-corrected chi connectivity index (χ2v) is 7.81. The highest BCUT2D eigenvalue weighted by Gasteiger charge is 2.15. The maximum absolute atomic E-state index is 11.9. The summed E-state index contributed by atoms with van der Waals surface area (Å²) in [5.41, 5.74) is 0. The summed E-state index contributed by atoms with van der Waals surface area (Å²) in [5, 5.41) is 12.6. The molecule has 0 aliphatic rings. The van der Waals surface area contributed by atoms with Crippen LogP contribution >= 0.6 is 11.8 Å². The van der Waals surface area contributed by atoms with Gasteiger partial charge in [-0.3, -0.25) is 9.59 Å². The molecule has 0 bridgehead atoms. The van der Waals surface area contributed by atoms with Gasteiger partial charge >= 0.3 is 0 Å². The lowest BCUT2D eigenvalue weighted by Crippen LogP contribution is -2.33. The van der Waals surface area contributed by atoms with Crippen LogP contribution in [0, 0.1) is 0 Å². The smallest absolute Gasteiger partial charge is 0.220 e. The zero-order valence-electron chi connectivity index (χ0n) is 20.0. The van der Waals surface area contributed by atoms with E-state index in [4.69, 9.17) is 9.47 Å². The van der Waals surface area contributed by atoms with Crippen molar-refractivity contribution in [2.75, 3.05) is 59.5 Å². The van der Waals surface area contributed by atoms with Gasteiger partial charge in [-0.1, -0.05) is 20.3 Å². The van der Waals surface area contributed by atoms with Gasteiger partial charge in [0, 0.05) is 43.6 Å². The van der Waals surface area contributed by atoms with Crippen molar-refractivity contribution in [3.8, 4) is 0 Å². The summed E-state index contributed by atoms with van der Waals surface area (Å²) in [6.07, 6.45) is 3.62. The molecule has 0 radical (unpaired) electrons. The van der Waals surface area contributed by atoms with E-state index in [1.165, 1.54) is 6.92 Å². The van der Waals surface area contributed by atoms with Crippen LogP contribution in [0.2, 0.25) is 0 Å². The molecule has 2 amide bonds. The highest BCUT2D eigenvalue weighted by molar-refractivity contribution is 7.99. The van der Waals surface area contributed by atoms with Crippen molar-refractivity contribution >= 4 is 23.6 Å². The first kappa shape index (κ1) is 31.3. The highest BCUT2D eigenvalue weighted by Crippen LogP contribution is 2.20. The van der Waals surface area contributed by atoms with E-state index in [1.807, 2.05) is 39.7 Å². The number of ether oxygens (including phenoxy) is 2. The fourth-order valence-corrected chi connectivity index (χ4v) is 3.60. The largest absolute Gasteiger partial charge is 0.377 e. The van der Waals surface area contributed by atoms with E-state index >= 15 is 0 Å². The zero-order valence-corrected chi connectivity index (χ0v) is 20.8. The molecule has 0 spiro atoms.